The van der Waals surface area contributed by atoms with Gasteiger partial charge in [0.15, 0.2) is 0 Å². The van der Waals surface area contributed by atoms with Gasteiger partial charge < -0.3 is 10.2 Å². The average molecular weight is 274 g/mol. The lowest BCUT2D eigenvalue weighted by Crippen LogP contribution is -2.57. The Morgan fingerprint density at radius 1 is 1.20 bits per heavy atom. The van der Waals surface area contributed by atoms with E-state index >= 15 is 0 Å². The highest BCUT2D eigenvalue weighted by Crippen LogP contribution is 2.33. The van der Waals surface area contributed by atoms with Crippen LogP contribution in [0.5, 0.6) is 0 Å². The van der Waals surface area contributed by atoms with Gasteiger partial charge in [0.1, 0.15) is 0 Å². The number of anilines is 1. The van der Waals surface area contributed by atoms with E-state index in [2.05, 4.69) is 76.0 Å². The van der Waals surface area contributed by atoms with Gasteiger partial charge >= 0.3 is 0 Å². The predicted molar refractivity (Wildman–Crippen MR) is 88.6 cm³/mol. The second-order valence-corrected chi connectivity index (χ2v) is 7.53. The minimum absolute atomic E-state index is 0.189. The van der Waals surface area contributed by atoms with Crippen LogP contribution in [0.3, 0.4) is 0 Å². The molecule has 2 atom stereocenters. The number of nitrogens with zero attached hydrogens (tertiary/aromatic N) is 1. The molecule has 1 saturated heterocycles. The molecular weight excluding hydrogens is 244 g/mol. The van der Waals surface area contributed by atoms with Crippen molar-refractivity contribution in [3.63, 3.8) is 0 Å². The molecule has 2 heteroatoms. The molecule has 0 radical (unpaired) electrons. The molecular formula is C18H30N2. The molecule has 1 N–H and O–H groups in total. The molecule has 0 spiro atoms. The molecule has 1 aromatic rings. The van der Waals surface area contributed by atoms with Crippen molar-refractivity contribution in [2.45, 2.75) is 59.0 Å². The Bertz CT molecular complexity index is 445. The summed E-state index contributed by atoms with van der Waals surface area (Å²) in [4.78, 5) is 2.60. The van der Waals surface area contributed by atoms with Gasteiger partial charge in [0.2, 0.25) is 0 Å². The number of rotatable bonds is 2. The molecule has 2 unspecified atom stereocenters. The molecule has 0 amide bonds. The fourth-order valence-corrected chi connectivity index (χ4v) is 3.03. The average Bonchev–Trinajstić information content (AvgIpc) is 2.38. The third kappa shape index (κ3) is 3.17. The summed E-state index contributed by atoms with van der Waals surface area (Å²) in [7, 11) is 0. The Hall–Kier alpha value is -1.02. The minimum atomic E-state index is 0.189. The normalized spacial score (nSPS) is 24.2. The first-order chi connectivity index (χ1) is 9.30. The number of hydrogen-bond acceptors (Lipinski definition) is 2. The fraction of sp³-hybridized carbons (Fsp3) is 0.667. The molecule has 1 aliphatic heterocycles. The molecule has 1 aromatic carbocycles. The zero-order valence-corrected chi connectivity index (χ0v) is 13.9. The van der Waals surface area contributed by atoms with E-state index in [0.717, 1.165) is 13.1 Å². The Morgan fingerprint density at radius 3 is 2.45 bits per heavy atom. The molecule has 0 aliphatic carbocycles. The van der Waals surface area contributed by atoms with E-state index in [1.54, 1.807) is 0 Å². The molecule has 112 valence electrons. The Kier molecular flexibility index (Phi) is 4.43. The van der Waals surface area contributed by atoms with Gasteiger partial charge in [-0.05, 0) is 29.9 Å². The van der Waals surface area contributed by atoms with Gasteiger partial charge in [0.25, 0.3) is 0 Å². The summed E-state index contributed by atoms with van der Waals surface area (Å²) >= 11 is 0. The predicted octanol–water partition coefficient (Wildman–Crippen LogP) is 3.81. The summed E-state index contributed by atoms with van der Waals surface area (Å²) in [6, 6.07) is 10.0. The van der Waals surface area contributed by atoms with Crippen molar-refractivity contribution in [2.24, 2.45) is 5.92 Å². The van der Waals surface area contributed by atoms with Crippen molar-refractivity contribution in [2.75, 3.05) is 18.0 Å². The van der Waals surface area contributed by atoms with Crippen LogP contribution in [0.1, 0.15) is 47.1 Å². The summed E-state index contributed by atoms with van der Waals surface area (Å²) in [5, 5.41) is 3.68. The summed E-state index contributed by atoms with van der Waals surface area (Å²) in [6.45, 7) is 16.0. The van der Waals surface area contributed by atoms with Crippen LogP contribution in [-0.4, -0.2) is 25.2 Å². The number of para-hydroxylation sites is 1. The number of benzene rings is 1. The van der Waals surface area contributed by atoms with Gasteiger partial charge in [-0.3, -0.25) is 0 Å². The van der Waals surface area contributed by atoms with Crippen molar-refractivity contribution in [3.05, 3.63) is 29.8 Å². The fourth-order valence-electron chi connectivity index (χ4n) is 3.03. The maximum Gasteiger partial charge on any atom is 0.0407 e. The van der Waals surface area contributed by atoms with E-state index in [1.807, 2.05) is 0 Å². The molecule has 1 fully saturated rings. The van der Waals surface area contributed by atoms with Gasteiger partial charge in [-0.1, -0.05) is 52.8 Å². The Labute approximate surface area is 124 Å². The highest BCUT2D eigenvalue weighted by atomic mass is 15.2. The zero-order valence-electron chi connectivity index (χ0n) is 13.9. The lowest BCUT2D eigenvalue weighted by atomic mass is 9.85. The van der Waals surface area contributed by atoms with Crippen molar-refractivity contribution >= 4 is 5.69 Å². The Morgan fingerprint density at radius 2 is 1.85 bits per heavy atom. The summed E-state index contributed by atoms with van der Waals surface area (Å²) in [5.41, 5.74) is 3.06. The topological polar surface area (TPSA) is 15.3 Å². The summed E-state index contributed by atoms with van der Waals surface area (Å²) < 4.78 is 0. The second kappa shape index (κ2) is 5.77. The zero-order chi connectivity index (χ0) is 14.9. The van der Waals surface area contributed by atoms with E-state index in [-0.39, 0.29) is 5.41 Å². The molecule has 1 heterocycles. The first kappa shape index (κ1) is 15.4. The highest BCUT2D eigenvalue weighted by Gasteiger charge is 2.29. The Balaban J connectivity index is 2.34. The van der Waals surface area contributed by atoms with E-state index < -0.39 is 0 Å². The maximum absolute atomic E-state index is 3.68. The van der Waals surface area contributed by atoms with Crippen molar-refractivity contribution in [3.8, 4) is 0 Å². The van der Waals surface area contributed by atoms with E-state index in [9.17, 15) is 0 Å². The molecule has 20 heavy (non-hydrogen) atoms. The lowest BCUT2D eigenvalue weighted by Gasteiger charge is -2.43. The van der Waals surface area contributed by atoms with Crippen LogP contribution in [0.2, 0.25) is 0 Å². The smallest absolute Gasteiger partial charge is 0.0407 e. The van der Waals surface area contributed by atoms with Gasteiger partial charge in [0.05, 0.1) is 0 Å². The molecule has 1 aliphatic rings. The summed E-state index contributed by atoms with van der Waals surface area (Å²) in [6.07, 6.45) is 0. The molecule has 0 bridgehead atoms. The summed E-state index contributed by atoms with van der Waals surface area (Å²) in [5.74, 6) is 0.673. The highest BCUT2D eigenvalue weighted by molar-refractivity contribution is 5.57. The van der Waals surface area contributed by atoms with Crippen LogP contribution in [0.15, 0.2) is 24.3 Å². The van der Waals surface area contributed by atoms with Gasteiger partial charge in [0, 0.05) is 30.9 Å². The SMILES string of the molecule is CC(C)C1CN(c2ccccc2C(C)(C)C)C(C)CN1. The third-order valence-corrected chi connectivity index (χ3v) is 4.43. The first-order valence-corrected chi connectivity index (χ1v) is 7.90. The molecule has 0 saturated carbocycles. The molecule has 2 nitrogen and oxygen atoms in total. The van der Waals surface area contributed by atoms with Gasteiger partial charge in [-0.2, -0.15) is 0 Å². The maximum atomic E-state index is 3.68. The van der Waals surface area contributed by atoms with Crippen LogP contribution in [0, 0.1) is 5.92 Å². The molecule has 2 rings (SSSR count). The minimum Gasteiger partial charge on any atom is -0.366 e. The van der Waals surface area contributed by atoms with Crippen LogP contribution in [0.25, 0.3) is 0 Å². The lowest BCUT2D eigenvalue weighted by molar-refractivity contribution is 0.336. The first-order valence-electron chi connectivity index (χ1n) is 7.90. The van der Waals surface area contributed by atoms with Crippen molar-refractivity contribution < 1.29 is 0 Å². The number of nitrogens with one attached hydrogen (secondary N) is 1. The monoisotopic (exact) mass is 274 g/mol. The van der Waals surface area contributed by atoms with Gasteiger partial charge in [-0.15, -0.1) is 0 Å². The number of piperazine rings is 1. The molecule has 0 aromatic heterocycles. The van der Waals surface area contributed by atoms with Gasteiger partial charge in [-0.25, -0.2) is 0 Å². The second-order valence-electron chi connectivity index (χ2n) is 7.53. The largest absolute Gasteiger partial charge is 0.366 e. The standard InChI is InChI=1S/C18H30N2/c1-13(2)16-12-20(14(3)11-19-16)17-10-8-7-9-15(17)18(4,5)6/h7-10,13-14,16,19H,11-12H2,1-6H3. The van der Waals surface area contributed by atoms with Crippen LogP contribution in [0.4, 0.5) is 5.69 Å². The van der Waals surface area contributed by atoms with Crippen molar-refractivity contribution in [1.82, 2.24) is 5.32 Å². The van der Waals surface area contributed by atoms with E-state index in [4.69, 9.17) is 0 Å². The number of hydrogen-bond donors (Lipinski definition) is 1. The van der Waals surface area contributed by atoms with Crippen LogP contribution in [-0.2, 0) is 5.41 Å². The quantitative estimate of drug-likeness (QED) is 0.882. The van der Waals surface area contributed by atoms with Crippen LogP contribution < -0.4 is 10.2 Å². The van der Waals surface area contributed by atoms with E-state index in [0.29, 0.717) is 18.0 Å². The van der Waals surface area contributed by atoms with Crippen LogP contribution >= 0.6 is 0 Å². The van der Waals surface area contributed by atoms with E-state index in [1.165, 1.54) is 11.3 Å². The third-order valence-electron chi connectivity index (χ3n) is 4.43. The van der Waals surface area contributed by atoms with Crippen molar-refractivity contribution in [1.29, 1.82) is 0 Å².